The Morgan fingerprint density at radius 2 is 2.00 bits per heavy atom. The Morgan fingerprint density at radius 1 is 1.33 bits per heavy atom. The topological polar surface area (TPSA) is 36.0 Å². The molecule has 0 atom stereocenters. The maximum atomic E-state index is 11.9. The highest BCUT2D eigenvalue weighted by atomic mass is 19.4. The van der Waals surface area contributed by atoms with E-state index in [-0.39, 0.29) is 5.69 Å². The van der Waals surface area contributed by atoms with Crippen LogP contribution in [0.2, 0.25) is 0 Å². The molecule has 5 heteroatoms. The second-order valence-corrected chi connectivity index (χ2v) is 2.18. The third-order valence-corrected chi connectivity index (χ3v) is 1.30. The monoisotopic (exact) mass is 176 g/mol. The van der Waals surface area contributed by atoms with Crippen LogP contribution >= 0.6 is 0 Å². The third kappa shape index (κ3) is 1.94. The van der Waals surface area contributed by atoms with Crippen LogP contribution in [0.25, 0.3) is 0 Å². The lowest BCUT2D eigenvalue weighted by molar-refractivity contribution is -0.387. The van der Waals surface area contributed by atoms with Crippen molar-refractivity contribution in [3.8, 4) is 0 Å². The molecule has 1 aromatic rings. The molecule has 0 spiro atoms. The minimum Gasteiger partial charge on any atom is -0.850 e. The standard InChI is InChI=1S/C7H5F3NO/c8-7(9,10)5-1-2-6(4-12)11-3-5/h1-3H,4H2/q-1. The van der Waals surface area contributed by atoms with E-state index in [1.165, 1.54) is 0 Å². The van der Waals surface area contributed by atoms with Gasteiger partial charge in [0.05, 0.1) is 5.56 Å². The van der Waals surface area contributed by atoms with Gasteiger partial charge in [0.1, 0.15) is 0 Å². The first-order valence-electron chi connectivity index (χ1n) is 3.14. The normalized spacial score (nSPS) is 11.7. The van der Waals surface area contributed by atoms with Gasteiger partial charge in [0.25, 0.3) is 0 Å². The van der Waals surface area contributed by atoms with Crippen molar-refractivity contribution in [3.05, 3.63) is 29.6 Å². The fourth-order valence-corrected chi connectivity index (χ4v) is 0.678. The smallest absolute Gasteiger partial charge is 0.417 e. The van der Waals surface area contributed by atoms with E-state index in [0.717, 1.165) is 12.1 Å². The maximum Gasteiger partial charge on any atom is 0.417 e. The molecule has 0 N–H and O–H groups in total. The lowest BCUT2D eigenvalue weighted by atomic mass is 10.2. The van der Waals surface area contributed by atoms with Gasteiger partial charge in [-0.25, -0.2) is 0 Å². The number of rotatable bonds is 1. The van der Waals surface area contributed by atoms with Crippen LogP contribution in [-0.2, 0) is 12.8 Å². The molecule has 2 nitrogen and oxygen atoms in total. The van der Waals surface area contributed by atoms with Crippen molar-refractivity contribution in [2.24, 2.45) is 0 Å². The fraction of sp³-hybridized carbons (Fsp3) is 0.286. The Labute approximate surface area is 66.7 Å². The number of hydrogen-bond donors (Lipinski definition) is 0. The summed E-state index contributed by atoms with van der Waals surface area (Å²) in [6.45, 7) is -0.599. The van der Waals surface area contributed by atoms with Crippen LogP contribution in [0.15, 0.2) is 18.3 Å². The van der Waals surface area contributed by atoms with Gasteiger partial charge in [0, 0.05) is 11.9 Å². The summed E-state index contributed by atoms with van der Waals surface area (Å²) in [4.78, 5) is 3.33. The molecule has 66 valence electrons. The van der Waals surface area contributed by atoms with E-state index in [2.05, 4.69) is 4.98 Å². The van der Waals surface area contributed by atoms with Gasteiger partial charge >= 0.3 is 6.18 Å². The van der Waals surface area contributed by atoms with Crippen LogP contribution in [0, 0.1) is 0 Å². The lowest BCUT2D eigenvalue weighted by Crippen LogP contribution is -2.08. The van der Waals surface area contributed by atoms with E-state index < -0.39 is 18.3 Å². The molecule has 1 rings (SSSR count). The van der Waals surface area contributed by atoms with E-state index in [9.17, 15) is 18.3 Å². The molecule has 0 aliphatic carbocycles. The molecule has 1 heterocycles. The highest BCUT2D eigenvalue weighted by Gasteiger charge is 2.30. The Kier molecular flexibility index (Phi) is 2.32. The molecule has 0 aliphatic heterocycles. The van der Waals surface area contributed by atoms with E-state index in [1.54, 1.807) is 0 Å². The SMILES string of the molecule is [O-]Cc1ccc(C(F)(F)F)cn1. The first-order valence-corrected chi connectivity index (χ1v) is 3.14. The molecule has 0 saturated carbocycles. The lowest BCUT2D eigenvalue weighted by Gasteiger charge is -2.07. The van der Waals surface area contributed by atoms with Crippen molar-refractivity contribution >= 4 is 0 Å². The molecular formula is C7H5F3NO-. The molecule has 0 saturated heterocycles. The molecule has 0 aliphatic rings. The molecular weight excluding hydrogens is 171 g/mol. The van der Waals surface area contributed by atoms with Crippen molar-refractivity contribution < 1.29 is 18.3 Å². The second-order valence-electron chi connectivity index (χ2n) is 2.18. The van der Waals surface area contributed by atoms with Crippen LogP contribution in [0.3, 0.4) is 0 Å². The first kappa shape index (κ1) is 8.99. The van der Waals surface area contributed by atoms with Gasteiger partial charge < -0.3 is 5.11 Å². The highest BCUT2D eigenvalue weighted by Crippen LogP contribution is 2.28. The van der Waals surface area contributed by atoms with Gasteiger partial charge in [0.2, 0.25) is 0 Å². The predicted octanol–water partition coefficient (Wildman–Crippen LogP) is 0.961. The number of alkyl halides is 3. The largest absolute Gasteiger partial charge is 0.850 e. The average Bonchev–Trinajstić information content (AvgIpc) is 2.03. The summed E-state index contributed by atoms with van der Waals surface area (Å²) >= 11 is 0. The van der Waals surface area contributed by atoms with Crippen LogP contribution in [0.4, 0.5) is 13.2 Å². The zero-order valence-corrected chi connectivity index (χ0v) is 5.93. The van der Waals surface area contributed by atoms with Gasteiger partial charge in [-0.2, -0.15) is 13.2 Å². The summed E-state index contributed by atoms with van der Waals surface area (Å²) in [5.74, 6) is 0. The molecule has 0 bridgehead atoms. The zero-order valence-electron chi connectivity index (χ0n) is 5.93. The summed E-state index contributed by atoms with van der Waals surface area (Å²) in [5.41, 5.74) is -0.720. The van der Waals surface area contributed by atoms with E-state index in [4.69, 9.17) is 0 Å². The van der Waals surface area contributed by atoms with Gasteiger partial charge in [0.15, 0.2) is 0 Å². The molecule has 0 amide bonds. The fourth-order valence-electron chi connectivity index (χ4n) is 0.678. The Bertz CT molecular complexity index is 254. The molecule has 12 heavy (non-hydrogen) atoms. The number of aromatic nitrogens is 1. The van der Waals surface area contributed by atoms with Gasteiger partial charge in [-0.3, -0.25) is 4.98 Å². The van der Waals surface area contributed by atoms with Crippen LogP contribution in [-0.4, -0.2) is 4.98 Å². The molecule has 0 fully saturated rings. The molecule has 0 unspecified atom stereocenters. The average molecular weight is 176 g/mol. The Morgan fingerprint density at radius 3 is 2.33 bits per heavy atom. The van der Waals surface area contributed by atoms with Gasteiger partial charge in [-0.1, -0.05) is 6.61 Å². The predicted molar refractivity (Wildman–Crippen MR) is 32.9 cm³/mol. The van der Waals surface area contributed by atoms with Crippen LogP contribution in [0.5, 0.6) is 0 Å². The third-order valence-electron chi connectivity index (χ3n) is 1.30. The minimum atomic E-state index is -4.38. The number of pyridine rings is 1. The Hall–Kier alpha value is -1.10. The molecule has 1 aromatic heterocycles. The van der Waals surface area contributed by atoms with E-state index >= 15 is 0 Å². The summed E-state index contributed by atoms with van der Waals surface area (Å²) in [6, 6.07) is 1.93. The van der Waals surface area contributed by atoms with E-state index in [1.807, 2.05) is 0 Å². The summed E-state index contributed by atoms with van der Waals surface area (Å²) in [5, 5.41) is 10.1. The van der Waals surface area contributed by atoms with Crippen LogP contribution < -0.4 is 5.11 Å². The number of hydrogen-bond acceptors (Lipinski definition) is 2. The number of nitrogens with zero attached hydrogens (tertiary/aromatic N) is 1. The van der Waals surface area contributed by atoms with Gasteiger partial charge in [-0.05, 0) is 12.1 Å². The minimum absolute atomic E-state index is 0.114. The van der Waals surface area contributed by atoms with Gasteiger partial charge in [-0.15, -0.1) is 0 Å². The van der Waals surface area contributed by atoms with Crippen molar-refractivity contribution in [2.75, 3.05) is 0 Å². The van der Waals surface area contributed by atoms with Crippen molar-refractivity contribution in [1.82, 2.24) is 4.98 Å². The molecule has 0 aromatic carbocycles. The van der Waals surface area contributed by atoms with Crippen molar-refractivity contribution in [3.63, 3.8) is 0 Å². The maximum absolute atomic E-state index is 11.9. The summed E-state index contributed by atoms with van der Waals surface area (Å²) in [7, 11) is 0. The van der Waals surface area contributed by atoms with Crippen LogP contribution in [0.1, 0.15) is 11.3 Å². The molecule has 0 radical (unpaired) electrons. The second kappa shape index (κ2) is 3.10. The number of halogens is 3. The Balaban J connectivity index is 2.93. The first-order chi connectivity index (χ1) is 5.54. The summed E-state index contributed by atoms with van der Waals surface area (Å²) < 4.78 is 35.7. The van der Waals surface area contributed by atoms with E-state index in [0.29, 0.717) is 6.20 Å². The highest BCUT2D eigenvalue weighted by molar-refractivity contribution is 5.16. The summed E-state index contributed by atoms with van der Waals surface area (Å²) in [6.07, 6.45) is -3.72. The zero-order chi connectivity index (χ0) is 9.19. The van der Waals surface area contributed by atoms with Crippen molar-refractivity contribution in [2.45, 2.75) is 12.8 Å². The van der Waals surface area contributed by atoms with Crippen molar-refractivity contribution in [1.29, 1.82) is 0 Å². The quantitative estimate of drug-likeness (QED) is 0.638.